The van der Waals surface area contributed by atoms with E-state index < -0.39 is 24.0 Å². The predicted molar refractivity (Wildman–Crippen MR) is 135 cm³/mol. The van der Waals surface area contributed by atoms with Crippen LogP contribution in [0.3, 0.4) is 0 Å². The molecule has 0 saturated carbocycles. The van der Waals surface area contributed by atoms with Gasteiger partial charge in [-0.25, -0.2) is 8.42 Å². The molecule has 0 radical (unpaired) electrons. The average Bonchev–Trinajstić information content (AvgIpc) is 2.71. The van der Waals surface area contributed by atoms with Gasteiger partial charge in [0.1, 0.15) is 0 Å². The molecule has 0 aromatic heterocycles. The zero-order valence-corrected chi connectivity index (χ0v) is 23.1. The maximum Gasteiger partial charge on any atom is 0.295 e. The molecule has 3 rings (SSSR count). The highest BCUT2D eigenvalue weighted by Gasteiger charge is 2.59. The van der Waals surface area contributed by atoms with Crippen molar-refractivity contribution < 1.29 is 17.2 Å². The number of benzene rings is 1. The van der Waals surface area contributed by atoms with E-state index in [1.807, 2.05) is 13.8 Å². The van der Waals surface area contributed by atoms with Crippen LogP contribution in [0.5, 0.6) is 0 Å². The van der Waals surface area contributed by atoms with Crippen LogP contribution < -0.4 is 0 Å². The molecule has 0 unspecified atom stereocenters. The summed E-state index contributed by atoms with van der Waals surface area (Å²) in [5, 5.41) is 0.754. The third-order valence-electron chi connectivity index (χ3n) is 7.88. The van der Waals surface area contributed by atoms with Crippen LogP contribution in [-0.2, 0) is 10.0 Å². The highest BCUT2D eigenvalue weighted by atomic mass is 32.2. The Kier molecular flexibility index (Phi) is 7.21. The molecular formula is C26H39F2NO2SSi. The molecule has 1 aliphatic carbocycles. The van der Waals surface area contributed by atoms with Crippen LogP contribution >= 0.6 is 0 Å². The van der Waals surface area contributed by atoms with Crippen LogP contribution in [0.2, 0.25) is 16.6 Å². The van der Waals surface area contributed by atoms with Gasteiger partial charge >= 0.3 is 0 Å². The molecule has 0 fully saturated rings. The molecule has 1 aliphatic heterocycles. The van der Waals surface area contributed by atoms with Gasteiger partial charge in [0.2, 0.25) is 10.0 Å². The second-order valence-electron chi connectivity index (χ2n) is 10.6. The van der Waals surface area contributed by atoms with Crippen LogP contribution in [0, 0.1) is 6.92 Å². The predicted octanol–water partition coefficient (Wildman–Crippen LogP) is 7.26. The number of allylic oxidation sites excluding steroid dienone is 1. The average molecular weight is 496 g/mol. The van der Waals surface area contributed by atoms with Gasteiger partial charge in [-0.15, -0.1) is 0 Å². The Bertz CT molecular complexity index is 1050. The third-order valence-corrected chi connectivity index (χ3v) is 16.9. The van der Waals surface area contributed by atoms with E-state index in [0.717, 1.165) is 10.8 Å². The monoisotopic (exact) mass is 495 g/mol. The number of fused-ring (bicyclic) bond motifs is 1. The molecule has 0 amide bonds. The number of rotatable bonds is 8. The normalized spacial score (nSPS) is 19.5. The van der Waals surface area contributed by atoms with Gasteiger partial charge in [0.15, 0.2) is 0 Å². The van der Waals surface area contributed by atoms with E-state index in [-0.39, 0.29) is 45.8 Å². The van der Waals surface area contributed by atoms with Crippen molar-refractivity contribution in [1.29, 1.82) is 0 Å². The SMILES string of the molecule is CCCC1=C2CN(S(=O)(=O)c3ccc(C)cc3)CC([Si](C(C)C)(C(C)C)C(C)C)=C2C1(F)F. The Morgan fingerprint density at radius 2 is 1.48 bits per heavy atom. The van der Waals surface area contributed by atoms with Gasteiger partial charge in [-0.05, 0) is 47.7 Å². The van der Waals surface area contributed by atoms with Gasteiger partial charge in [-0.1, -0.05) is 77.8 Å². The lowest BCUT2D eigenvalue weighted by molar-refractivity contribution is 0.0572. The van der Waals surface area contributed by atoms with E-state index in [1.165, 1.54) is 4.31 Å². The summed E-state index contributed by atoms with van der Waals surface area (Å²) in [6, 6.07) is 6.82. The molecule has 1 aromatic rings. The number of alkyl halides is 2. The van der Waals surface area contributed by atoms with Crippen LogP contribution in [-0.4, -0.2) is 39.8 Å². The van der Waals surface area contributed by atoms with Crippen molar-refractivity contribution in [3.05, 3.63) is 51.7 Å². The summed E-state index contributed by atoms with van der Waals surface area (Å²) in [5.74, 6) is -2.95. The van der Waals surface area contributed by atoms with Crippen molar-refractivity contribution in [2.24, 2.45) is 0 Å². The van der Waals surface area contributed by atoms with Crippen molar-refractivity contribution >= 4 is 18.1 Å². The van der Waals surface area contributed by atoms with Crippen molar-refractivity contribution in [1.82, 2.24) is 4.31 Å². The van der Waals surface area contributed by atoms with Gasteiger partial charge in [0.25, 0.3) is 5.92 Å². The van der Waals surface area contributed by atoms with Crippen molar-refractivity contribution in [2.75, 3.05) is 13.1 Å². The fourth-order valence-electron chi connectivity index (χ4n) is 6.64. The summed E-state index contributed by atoms with van der Waals surface area (Å²) in [4.78, 5) is 0.227. The van der Waals surface area contributed by atoms with E-state index >= 15 is 8.78 Å². The second-order valence-corrected chi connectivity index (χ2v) is 18.5. The molecule has 1 heterocycles. The number of nitrogens with zero attached hydrogens (tertiary/aromatic N) is 1. The highest BCUT2D eigenvalue weighted by molar-refractivity contribution is 7.89. The summed E-state index contributed by atoms with van der Waals surface area (Å²) in [5.41, 5.74) is 2.54. The zero-order chi connectivity index (χ0) is 24.9. The Morgan fingerprint density at radius 3 is 1.94 bits per heavy atom. The smallest absolute Gasteiger partial charge is 0.207 e. The Balaban J connectivity index is 2.27. The molecule has 0 bridgehead atoms. The molecule has 0 N–H and O–H groups in total. The quantitative estimate of drug-likeness (QED) is 0.356. The Hall–Kier alpha value is -1.31. The minimum absolute atomic E-state index is 0.0404. The molecule has 0 saturated heterocycles. The highest BCUT2D eigenvalue weighted by Crippen LogP contribution is 2.59. The fraction of sp³-hybridized carbons (Fsp3) is 0.615. The van der Waals surface area contributed by atoms with E-state index in [2.05, 4.69) is 41.5 Å². The lowest BCUT2D eigenvalue weighted by Crippen LogP contribution is -2.57. The minimum Gasteiger partial charge on any atom is -0.207 e. The van der Waals surface area contributed by atoms with Crippen molar-refractivity contribution in [3.8, 4) is 0 Å². The first kappa shape index (κ1) is 26.3. The summed E-state index contributed by atoms with van der Waals surface area (Å²) in [6.45, 7) is 16.8. The Morgan fingerprint density at radius 1 is 0.970 bits per heavy atom. The molecule has 184 valence electrons. The molecule has 2 aliphatic rings. The minimum atomic E-state index is -3.80. The van der Waals surface area contributed by atoms with E-state index in [1.54, 1.807) is 24.3 Å². The van der Waals surface area contributed by atoms with Crippen molar-refractivity contribution in [2.45, 2.75) is 95.7 Å². The fourth-order valence-corrected chi connectivity index (χ4v) is 15.4. The first-order valence-corrected chi connectivity index (χ1v) is 15.8. The summed E-state index contributed by atoms with van der Waals surface area (Å²) in [6.07, 6.45) is 0.917. The lowest BCUT2D eigenvalue weighted by atomic mass is 9.75. The Labute approximate surface area is 200 Å². The molecule has 0 atom stereocenters. The summed E-state index contributed by atoms with van der Waals surface area (Å²) < 4.78 is 60.1. The molecular weight excluding hydrogens is 456 g/mol. The van der Waals surface area contributed by atoms with Crippen molar-refractivity contribution in [3.63, 3.8) is 0 Å². The topological polar surface area (TPSA) is 37.4 Å². The zero-order valence-electron chi connectivity index (χ0n) is 21.3. The summed E-state index contributed by atoms with van der Waals surface area (Å²) in [7, 11) is -6.30. The second kappa shape index (κ2) is 9.04. The first-order valence-electron chi connectivity index (χ1n) is 12.1. The van der Waals surface area contributed by atoms with E-state index in [9.17, 15) is 8.42 Å². The maximum atomic E-state index is 15.6. The molecule has 33 heavy (non-hydrogen) atoms. The van der Waals surface area contributed by atoms with Crippen LogP contribution in [0.15, 0.2) is 51.1 Å². The number of sulfonamides is 1. The van der Waals surface area contributed by atoms with Gasteiger partial charge in [0, 0.05) is 24.2 Å². The van der Waals surface area contributed by atoms with Crippen LogP contribution in [0.1, 0.15) is 66.9 Å². The molecule has 3 nitrogen and oxygen atoms in total. The molecule has 7 heteroatoms. The lowest BCUT2D eigenvalue weighted by Gasteiger charge is -2.53. The van der Waals surface area contributed by atoms with E-state index in [4.69, 9.17) is 0 Å². The standard InChI is InChI=1S/C26H39F2NO2SSi/c1-9-10-23-22-15-29(32(30,31)21-13-11-20(8)12-14-21)16-24(25(22)26(23,27)28)33(17(2)3,18(4)5)19(6)7/h11-14,17-19H,9-10,15-16H2,1-8H3. The molecule has 1 aromatic carbocycles. The number of hydrogen-bond donors (Lipinski definition) is 0. The maximum absolute atomic E-state index is 15.6. The summed E-state index contributed by atoms with van der Waals surface area (Å²) >= 11 is 0. The third kappa shape index (κ3) is 3.98. The molecule has 0 spiro atoms. The van der Waals surface area contributed by atoms with Crippen LogP contribution in [0.4, 0.5) is 8.78 Å². The van der Waals surface area contributed by atoms with Crippen LogP contribution in [0.25, 0.3) is 0 Å². The van der Waals surface area contributed by atoms with Gasteiger partial charge in [-0.2, -0.15) is 13.1 Å². The number of hydrogen-bond acceptors (Lipinski definition) is 2. The van der Waals surface area contributed by atoms with E-state index in [0.29, 0.717) is 18.4 Å². The number of halogens is 2. The largest absolute Gasteiger partial charge is 0.295 e. The van der Waals surface area contributed by atoms with Gasteiger partial charge in [0.05, 0.1) is 13.0 Å². The number of aryl methyl sites for hydroxylation is 1. The first-order chi connectivity index (χ1) is 15.2. The van der Waals surface area contributed by atoms with Gasteiger partial charge in [-0.3, -0.25) is 0 Å². The van der Waals surface area contributed by atoms with Gasteiger partial charge < -0.3 is 0 Å².